The van der Waals surface area contributed by atoms with Gasteiger partial charge in [-0.25, -0.2) is 4.39 Å². The summed E-state index contributed by atoms with van der Waals surface area (Å²) < 4.78 is 12.0. The van der Waals surface area contributed by atoms with Gasteiger partial charge in [-0.1, -0.05) is 36.4 Å². The standard InChI is InChI=1S/C12H8FO/c13-8-12(14)11-6-5-9-3-1-2-4-10(9)7-11/h1-8H. The number of halogens is 1. The molecule has 0 bridgehead atoms. The molecule has 0 aromatic heterocycles. The molecule has 0 spiro atoms. The van der Waals surface area contributed by atoms with Crippen molar-refractivity contribution < 1.29 is 9.50 Å². The molecular formula is C12H8FO. The van der Waals surface area contributed by atoms with Crippen LogP contribution in [-0.2, 0) is 5.11 Å². The molecule has 0 saturated heterocycles. The summed E-state index contributed by atoms with van der Waals surface area (Å²) >= 11 is 0. The van der Waals surface area contributed by atoms with E-state index in [0.717, 1.165) is 10.8 Å². The average Bonchev–Trinajstić information content (AvgIpc) is 2.27. The zero-order valence-corrected chi connectivity index (χ0v) is 7.41. The molecule has 2 heteroatoms. The van der Waals surface area contributed by atoms with E-state index in [9.17, 15) is 9.50 Å². The Morgan fingerprint density at radius 3 is 2.50 bits per heavy atom. The van der Waals surface area contributed by atoms with Crippen LogP contribution in [0.5, 0.6) is 0 Å². The van der Waals surface area contributed by atoms with Gasteiger partial charge in [-0.2, -0.15) is 0 Å². The molecule has 2 aromatic rings. The fourth-order valence-corrected chi connectivity index (χ4v) is 1.41. The first-order valence-corrected chi connectivity index (χ1v) is 4.28. The molecule has 0 N–H and O–H groups in total. The summed E-state index contributed by atoms with van der Waals surface area (Å²) in [6, 6.07) is 12.8. The molecule has 1 radical (unpaired) electrons. The van der Waals surface area contributed by atoms with Gasteiger partial charge in [0.25, 0.3) is 0 Å². The third-order valence-corrected chi connectivity index (χ3v) is 2.13. The molecule has 0 unspecified atom stereocenters. The Bertz CT molecular complexity index is 488. The van der Waals surface area contributed by atoms with E-state index in [4.69, 9.17) is 0 Å². The average molecular weight is 187 g/mol. The van der Waals surface area contributed by atoms with Gasteiger partial charge in [-0.05, 0) is 16.8 Å². The Hall–Kier alpha value is -1.83. The number of hydrogen-bond acceptors (Lipinski definition) is 0. The van der Waals surface area contributed by atoms with Crippen LogP contribution in [0.4, 0.5) is 4.39 Å². The van der Waals surface area contributed by atoms with E-state index in [0.29, 0.717) is 5.56 Å². The maximum atomic E-state index is 12.0. The maximum Gasteiger partial charge on any atom is 0.213 e. The Labute approximate surface area is 81.1 Å². The van der Waals surface area contributed by atoms with E-state index in [1.165, 1.54) is 0 Å². The molecule has 2 rings (SSSR count). The summed E-state index contributed by atoms with van der Waals surface area (Å²) in [5.74, 6) is -0.587. The van der Waals surface area contributed by atoms with Gasteiger partial charge < -0.3 is 0 Å². The van der Waals surface area contributed by atoms with Gasteiger partial charge in [0, 0.05) is 5.56 Å². The highest BCUT2D eigenvalue weighted by atomic mass is 19.1. The lowest BCUT2D eigenvalue weighted by atomic mass is 10.1. The van der Waals surface area contributed by atoms with Crippen LogP contribution >= 0.6 is 0 Å². The van der Waals surface area contributed by atoms with Gasteiger partial charge in [0.05, 0.1) is 0 Å². The highest BCUT2D eigenvalue weighted by Gasteiger charge is 2.01. The topological polar surface area (TPSA) is 19.9 Å². The van der Waals surface area contributed by atoms with E-state index in [1.54, 1.807) is 12.1 Å². The smallest absolute Gasteiger partial charge is 0.213 e. The van der Waals surface area contributed by atoms with Crippen molar-refractivity contribution in [3.8, 4) is 0 Å². The molecule has 0 amide bonds. The molecule has 0 fully saturated rings. The molecule has 0 atom stereocenters. The van der Waals surface area contributed by atoms with E-state index in [2.05, 4.69) is 0 Å². The SMILES string of the molecule is [O]C(=CF)c1ccc2ccccc2c1. The van der Waals surface area contributed by atoms with Crippen LogP contribution in [0.1, 0.15) is 5.56 Å². The first-order chi connectivity index (χ1) is 6.81. The lowest BCUT2D eigenvalue weighted by Gasteiger charge is -1.99. The number of rotatable bonds is 1. The minimum absolute atomic E-state index is 0.0874. The van der Waals surface area contributed by atoms with Crippen molar-refractivity contribution in [2.45, 2.75) is 0 Å². The van der Waals surface area contributed by atoms with Crippen LogP contribution in [0.15, 0.2) is 48.8 Å². The predicted octanol–water partition coefficient (Wildman–Crippen LogP) is 3.54. The Morgan fingerprint density at radius 2 is 1.79 bits per heavy atom. The van der Waals surface area contributed by atoms with Gasteiger partial charge in [0.15, 0.2) is 0 Å². The van der Waals surface area contributed by atoms with Crippen molar-refractivity contribution in [2.75, 3.05) is 0 Å². The van der Waals surface area contributed by atoms with Gasteiger partial charge in [-0.15, -0.1) is 0 Å². The van der Waals surface area contributed by atoms with Crippen LogP contribution in [0.3, 0.4) is 0 Å². The third kappa shape index (κ3) is 1.46. The summed E-state index contributed by atoms with van der Waals surface area (Å²) in [6.07, 6.45) is 0.0874. The van der Waals surface area contributed by atoms with E-state index in [1.807, 2.05) is 30.3 Å². The second-order valence-corrected chi connectivity index (χ2v) is 3.04. The van der Waals surface area contributed by atoms with Crippen molar-refractivity contribution in [3.63, 3.8) is 0 Å². The first kappa shape index (κ1) is 8.75. The van der Waals surface area contributed by atoms with Crippen LogP contribution in [0.2, 0.25) is 0 Å². The number of hydrogen-bond donors (Lipinski definition) is 0. The largest absolute Gasteiger partial charge is 0.287 e. The molecule has 0 heterocycles. The Balaban J connectivity index is 2.62. The molecule has 1 nitrogen and oxygen atoms in total. The third-order valence-electron chi connectivity index (χ3n) is 2.13. The minimum Gasteiger partial charge on any atom is -0.287 e. The second-order valence-electron chi connectivity index (χ2n) is 3.04. The zero-order chi connectivity index (χ0) is 9.97. The highest BCUT2D eigenvalue weighted by molar-refractivity contribution is 5.85. The maximum absolute atomic E-state index is 12.0. The van der Waals surface area contributed by atoms with E-state index < -0.39 is 5.76 Å². The fourth-order valence-electron chi connectivity index (χ4n) is 1.41. The molecule has 0 aliphatic heterocycles. The van der Waals surface area contributed by atoms with Crippen LogP contribution < -0.4 is 0 Å². The van der Waals surface area contributed by atoms with Crippen molar-refractivity contribution in [3.05, 3.63) is 54.4 Å². The Morgan fingerprint density at radius 1 is 1.07 bits per heavy atom. The number of fused-ring (bicyclic) bond motifs is 1. The van der Waals surface area contributed by atoms with Crippen LogP contribution in [-0.4, -0.2) is 0 Å². The monoisotopic (exact) mass is 187 g/mol. The molecule has 14 heavy (non-hydrogen) atoms. The molecule has 0 saturated carbocycles. The normalized spacial score (nSPS) is 11.9. The van der Waals surface area contributed by atoms with Crippen molar-refractivity contribution in [2.24, 2.45) is 0 Å². The number of benzene rings is 2. The predicted molar refractivity (Wildman–Crippen MR) is 53.7 cm³/mol. The fraction of sp³-hybridized carbons (Fsp3) is 0. The van der Waals surface area contributed by atoms with Crippen molar-refractivity contribution >= 4 is 16.5 Å². The first-order valence-electron chi connectivity index (χ1n) is 4.28. The molecule has 0 aliphatic carbocycles. The van der Waals surface area contributed by atoms with Crippen molar-refractivity contribution in [1.82, 2.24) is 0 Å². The Kier molecular flexibility index (Phi) is 2.19. The molecule has 2 aromatic carbocycles. The summed E-state index contributed by atoms with van der Waals surface area (Å²) in [6.45, 7) is 0. The lowest BCUT2D eigenvalue weighted by molar-refractivity contribution is 0.380. The summed E-state index contributed by atoms with van der Waals surface area (Å²) in [5, 5.41) is 13.0. The van der Waals surface area contributed by atoms with Crippen molar-refractivity contribution in [1.29, 1.82) is 0 Å². The minimum atomic E-state index is -0.587. The molecule has 69 valence electrons. The zero-order valence-electron chi connectivity index (χ0n) is 7.41. The lowest BCUT2D eigenvalue weighted by Crippen LogP contribution is -1.80. The summed E-state index contributed by atoms with van der Waals surface area (Å²) in [7, 11) is 0. The summed E-state index contributed by atoms with van der Waals surface area (Å²) in [5.41, 5.74) is 0.381. The van der Waals surface area contributed by atoms with E-state index in [-0.39, 0.29) is 6.33 Å². The van der Waals surface area contributed by atoms with Gasteiger partial charge >= 0.3 is 0 Å². The second kappa shape index (κ2) is 3.50. The highest BCUT2D eigenvalue weighted by Crippen LogP contribution is 2.19. The van der Waals surface area contributed by atoms with Gasteiger partial charge in [0.2, 0.25) is 5.76 Å². The van der Waals surface area contributed by atoms with E-state index >= 15 is 0 Å². The molecule has 0 aliphatic rings. The van der Waals surface area contributed by atoms with Crippen LogP contribution in [0, 0.1) is 0 Å². The van der Waals surface area contributed by atoms with Gasteiger partial charge in [-0.3, -0.25) is 5.11 Å². The molecular weight excluding hydrogens is 179 g/mol. The summed E-state index contributed by atoms with van der Waals surface area (Å²) in [4.78, 5) is 0. The quantitative estimate of drug-likeness (QED) is 0.608. The van der Waals surface area contributed by atoms with Crippen LogP contribution in [0.25, 0.3) is 16.5 Å². The van der Waals surface area contributed by atoms with Gasteiger partial charge in [0.1, 0.15) is 6.33 Å².